The van der Waals surface area contributed by atoms with Crippen LogP contribution in [0.3, 0.4) is 0 Å². The van der Waals surface area contributed by atoms with Crippen LogP contribution < -0.4 is 0 Å². The summed E-state index contributed by atoms with van der Waals surface area (Å²) in [6.45, 7) is 4.08. The second-order valence-corrected chi connectivity index (χ2v) is 12.6. The van der Waals surface area contributed by atoms with Crippen LogP contribution in [0.2, 0.25) is 0 Å². The molecule has 0 aliphatic heterocycles. The molecule has 0 saturated carbocycles. The van der Waals surface area contributed by atoms with Crippen molar-refractivity contribution in [3.63, 3.8) is 0 Å². The maximum absolute atomic E-state index is 12.1. The molecular weight excluding hydrogens is 548 g/mol. The molecule has 0 heterocycles. The minimum absolute atomic E-state index is 0.0685. The Morgan fingerprint density at radius 1 is 0.500 bits per heavy atom. The number of carbonyl (C=O) groups is 2. The summed E-state index contributed by atoms with van der Waals surface area (Å²) in [5.41, 5.74) is 0. The molecule has 0 aliphatic carbocycles. The Bertz CT molecular complexity index is 671. The fourth-order valence-corrected chi connectivity index (χ4v) is 5.29. The van der Waals surface area contributed by atoms with E-state index in [0.717, 1.165) is 44.9 Å². The van der Waals surface area contributed by atoms with Gasteiger partial charge in [-0.25, -0.2) is 0 Å². The molecule has 0 aromatic carbocycles. The van der Waals surface area contributed by atoms with E-state index in [0.29, 0.717) is 12.8 Å². The number of aliphatic hydroxyl groups excluding tert-OH is 1. The molecule has 0 fully saturated rings. The summed E-state index contributed by atoms with van der Waals surface area (Å²) in [5, 5.41) is 9.52. The highest BCUT2D eigenvalue weighted by molar-refractivity contribution is 5.70. The molecule has 44 heavy (non-hydrogen) atoms. The molecule has 0 rings (SSSR count). The Labute approximate surface area is 273 Å². The Hall–Kier alpha value is -1.62. The average Bonchev–Trinajstić information content (AvgIpc) is 3.02. The zero-order valence-electron chi connectivity index (χ0n) is 29.2. The largest absolute Gasteiger partial charge is 0.462 e. The summed E-state index contributed by atoms with van der Waals surface area (Å²) in [4.78, 5) is 24.2. The minimum atomic E-state index is -0.771. The van der Waals surface area contributed by atoms with Crippen molar-refractivity contribution >= 4 is 11.9 Å². The van der Waals surface area contributed by atoms with Gasteiger partial charge in [0.25, 0.3) is 0 Å². The molecule has 0 spiro atoms. The zero-order valence-corrected chi connectivity index (χ0v) is 29.2. The van der Waals surface area contributed by atoms with Gasteiger partial charge in [-0.1, -0.05) is 147 Å². The van der Waals surface area contributed by atoms with Crippen LogP contribution in [-0.4, -0.2) is 36.4 Å². The molecule has 0 aromatic heterocycles. The van der Waals surface area contributed by atoms with E-state index in [9.17, 15) is 14.7 Å². The highest BCUT2D eigenvalue weighted by atomic mass is 16.6. The van der Waals surface area contributed by atoms with Crippen LogP contribution in [-0.2, 0) is 19.1 Å². The van der Waals surface area contributed by atoms with Gasteiger partial charge in [0.05, 0.1) is 6.61 Å². The van der Waals surface area contributed by atoms with E-state index in [4.69, 9.17) is 9.47 Å². The van der Waals surface area contributed by atoms with E-state index in [1.54, 1.807) is 0 Å². The number of unbranched alkanes of at least 4 members (excludes halogenated alkanes) is 22. The lowest BCUT2D eigenvalue weighted by Crippen LogP contribution is -2.28. The highest BCUT2D eigenvalue weighted by Crippen LogP contribution is 2.13. The van der Waals surface area contributed by atoms with Crippen molar-refractivity contribution in [2.45, 2.75) is 200 Å². The Kier molecular flexibility index (Phi) is 34.5. The lowest BCUT2D eigenvalue weighted by atomic mass is 10.1. The van der Waals surface area contributed by atoms with Gasteiger partial charge in [0, 0.05) is 12.8 Å². The predicted molar refractivity (Wildman–Crippen MR) is 187 cm³/mol. The van der Waals surface area contributed by atoms with Crippen LogP contribution in [0.1, 0.15) is 194 Å². The predicted octanol–water partition coefficient (Wildman–Crippen LogP) is 11.5. The topological polar surface area (TPSA) is 72.8 Å². The molecule has 5 nitrogen and oxygen atoms in total. The van der Waals surface area contributed by atoms with Crippen molar-refractivity contribution in [2.75, 3.05) is 13.2 Å². The van der Waals surface area contributed by atoms with Crippen LogP contribution >= 0.6 is 0 Å². The second kappa shape index (κ2) is 35.9. The van der Waals surface area contributed by atoms with Gasteiger partial charge in [-0.05, 0) is 57.8 Å². The molecule has 0 radical (unpaired) electrons. The smallest absolute Gasteiger partial charge is 0.306 e. The molecule has 0 amide bonds. The third kappa shape index (κ3) is 33.3. The van der Waals surface area contributed by atoms with Gasteiger partial charge in [-0.2, -0.15) is 0 Å². The highest BCUT2D eigenvalue weighted by Gasteiger charge is 2.16. The SMILES string of the molecule is CCCC/C=C\CCCCCCCC(=O)OC[C@H](CO)OC(=O)CCCCCCCCCCC/C=C\CCCCCCCC. The number of ether oxygens (including phenoxy) is 2. The molecule has 1 atom stereocenters. The Balaban J connectivity index is 3.53. The first-order valence-electron chi connectivity index (χ1n) is 18.9. The van der Waals surface area contributed by atoms with Crippen molar-refractivity contribution in [1.82, 2.24) is 0 Å². The molecule has 0 aromatic rings. The summed E-state index contributed by atoms with van der Waals surface area (Å²) in [6, 6.07) is 0. The number of allylic oxidation sites excluding steroid dienone is 4. The van der Waals surface area contributed by atoms with Gasteiger partial charge in [0.2, 0.25) is 0 Å². The number of hydrogen-bond acceptors (Lipinski definition) is 5. The molecule has 1 N–H and O–H groups in total. The monoisotopic (exact) mass is 621 g/mol. The first-order chi connectivity index (χ1) is 21.6. The lowest BCUT2D eigenvalue weighted by Gasteiger charge is -2.15. The summed E-state index contributed by atoms with van der Waals surface area (Å²) in [5.74, 6) is -0.602. The number of esters is 2. The molecule has 0 unspecified atom stereocenters. The second-order valence-electron chi connectivity index (χ2n) is 12.6. The van der Waals surface area contributed by atoms with Crippen molar-refractivity contribution in [3.05, 3.63) is 24.3 Å². The van der Waals surface area contributed by atoms with Gasteiger partial charge in [-0.3, -0.25) is 9.59 Å². The van der Waals surface area contributed by atoms with Crippen LogP contribution in [0.5, 0.6) is 0 Å². The van der Waals surface area contributed by atoms with Gasteiger partial charge in [0.15, 0.2) is 6.10 Å². The van der Waals surface area contributed by atoms with Crippen LogP contribution in [0.4, 0.5) is 0 Å². The quantitative estimate of drug-likeness (QED) is 0.0440. The van der Waals surface area contributed by atoms with E-state index >= 15 is 0 Å². The van der Waals surface area contributed by atoms with E-state index in [2.05, 4.69) is 38.2 Å². The number of hydrogen-bond donors (Lipinski definition) is 1. The van der Waals surface area contributed by atoms with Crippen molar-refractivity contribution in [3.8, 4) is 0 Å². The molecule has 258 valence electrons. The van der Waals surface area contributed by atoms with Crippen LogP contribution in [0, 0.1) is 0 Å². The third-order valence-corrected chi connectivity index (χ3v) is 8.22. The van der Waals surface area contributed by atoms with Gasteiger partial charge >= 0.3 is 11.9 Å². The molecule has 0 bridgehead atoms. The molecule has 5 heteroatoms. The number of carbonyl (C=O) groups excluding carboxylic acids is 2. The lowest BCUT2D eigenvalue weighted by molar-refractivity contribution is -0.161. The summed E-state index contributed by atoms with van der Waals surface area (Å²) < 4.78 is 10.6. The van der Waals surface area contributed by atoms with E-state index in [1.807, 2.05) is 0 Å². The van der Waals surface area contributed by atoms with Crippen molar-refractivity contribution < 1.29 is 24.2 Å². The normalized spacial score (nSPS) is 12.3. The third-order valence-electron chi connectivity index (χ3n) is 8.22. The molecule has 0 aliphatic rings. The average molecular weight is 621 g/mol. The van der Waals surface area contributed by atoms with Crippen molar-refractivity contribution in [2.24, 2.45) is 0 Å². The Morgan fingerprint density at radius 2 is 0.864 bits per heavy atom. The van der Waals surface area contributed by atoms with Gasteiger partial charge in [-0.15, -0.1) is 0 Å². The molecule has 0 saturated heterocycles. The van der Waals surface area contributed by atoms with Crippen LogP contribution in [0.15, 0.2) is 24.3 Å². The standard InChI is InChI=1S/C39H72O5/c1-3-5-7-9-11-13-15-16-17-18-19-20-21-22-24-26-28-30-32-34-39(42)44-37(35-40)36-43-38(41)33-31-29-27-25-23-14-12-10-8-6-4-2/h10,12,16-17,37,40H,3-9,11,13-15,18-36H2,1-2H3/b12-10-,17-16-/t37-/m0/s1. The number of rotatable bonds is 34. The molecular formula is C39H72O5. The first-order valence-corrected chi connectivity index (χ1v) is 18.9. The fraction of sp³-hybridized carbons (Fsp3) is 0.846. The minimum Gasteiger partial charge on any atom is -0.462 e. The maximum Gasteiger partial charge on any atom is 0.306 e. The Morgan fingerprint density at radius 3 is 1.30 bits per heavy atom. The van der Waals surface area contributed by atoms with E-state index in [1.165, 1.54) is 122 Å². The summed E-state index contributed by atoms with van der Waals surface area (Å²) in [7, 11) is 0. The van der Waals surface area contributed by atoms with Crippen molar-refractivity contribution in [1.29, 1.82) is 0 Å². The number of aliphatic hydroxyl groups is 1. The van der Waals surface area contributed by atoms with E-state index in [-0.39, 0.29) is 25.2 Å². The summed E-state index contributed by atoms with van der Waals surface area (Å²) >= 11 is 0. The van der Waals surface area contributed by atoms with Gasteiger partial charge < -0.3 is 14.6 Å². The van der Waals surface area contributed by atoms with Crippen LogP contribution in [0.25, 0.3) is 0 Å². The van der Waals surface area contributed by atoms with Gasteiger partial charge in [0.1, 0.15) is 6.61 Å². The zero-order chi connectivity index (χ0) is 32.2. The first kappa shape index (κ1) is 42.4. The van der Waals surface area contributed by atoms with E-state index < -0.39 is 6.10 Å². The summed E-state index contributed by atoms with van der Waals surface area (Å²) in [6.07, 6.45) is 40.9. The fourth-order valence-electron chi connectivity index (χ4n) is 5.29. The maximum atomic E-state index is 12.1.